The van der Waals surface area contributed by atoms with Crippen LogP contribution in [-0.2, 0) is 11.3 Å². The van der Waals surface area contributed by atoms with Crippen LogP contribution in [-0.4, -0.2) is 19.0 Å². The van der Waals surface area contributed by atoms with Crippen LogP contribution in [0.3, 0.4) is 0 Å². The number of hydrogen-bond donors (Lipinski definition) is 2. The molecule has 0 atom stereocenters. The molecule has 0 radical (unpaired) electrons. The highest BCUT2D eigenvalue weighted by Gasteiger charge is 2.16. The normalized spacial score (nSPS) is 16.3. The number of carbonyl (C=O) groups excluding carboxylic acids is 1. The van der Waals surface area contributed by atoms with Crippen LogP contribution in [0, 0.1) is 17.6 Å². The minimum Gasteiger partial charge on any atom is -0.352 e. The predicted octanol–water partition coefficient (Wildman–Crippen LogP) is 1.97. The van der Waals surface area contributed by atoms with Crippen molar-refractivity contribution in [1.29, 1.82) is 0 Å². The fourth-order valence-corrected chi connectivity index (χ4v) is 2.29. The molecule has 1 aromatic carbocycles. The molecular formula is C14H18F2N2O. The van der Waals surface area contributed by atoms with Crippen molar-refractivity contribution in [3.63, 3.8) is 0 Å². The first-order valence-electron chi connectivity index (χ1n) is 6.56. The van der Waals surface area contributed by atoms with Crippen molar-refractivity contribution in [2.75, 3.05) is 13.1 Å². The molecule has 104 valence electrons. The van der Waals surface area contributed by atoms with E-state index in [2.05, 4.69) is 10.6 Å². The summed E-state index contributed by atoms with van der Waals surface area (Å²) in [5.41, 5.74) is 0.179. The molecule has 1 saturated heterocycles. The van der Waals surface area contributed by atoms with Crippen LogP contribution in [0.25, 0.3) is 0 Å². The molecule has 3 nitrogen and oxygen atoms in total. The van der Waals surface area contributed by atoms with E-state index in [0.29, 0.717) is 12.3 Å². The molecule has 0 unspecified atom stereocenters. The molecule has 2 rings (SSSR count). The lowest BCUT2D eigenvalue weighted by Crippen LogP contribution is -2.32. The summed E-state index contributed by atoms with van der Waals surface area (Å²) in [7, 11) is 0. The van der Waals surface area contributed by atoms with Crippen LogP contribution in [0.15, 0.2) is 18.2 Å². The first-order valence-corrected chi connectivity index (χ1v) is 6.56. The average Bonchev–Trinajstić information content (AvgIpc) is 2.41. The maximum absolute atomic E-state index is 13.4. The third-order valence-corrected chi connectivity index (χ3v) is 3.42. The van der Waals surface area contributed by atoms with E-state index in [0.717, 1.165) is 44.1 Å². The Kier molecular flexibility index (Phi) is 4.85. The molecule has 1 heterocycles. The van der Waals surface area contributed by atoms with E-state index in [1.807, 2.05) is 0 Å². The van der Waals surface area contributed by atoms with Gasteiger partial charge in [0.25, 0.3) is 0 Å². The lowest BCUT2D eigenvalue weighted by Gasteiger charge is -2.21. The van der Waals surface area contributed by atoms with Crippen molar-refractivity contribution in [1.82, 2.24) is 10.6 Å². The van der Waals surface area contributed by atoms with Gasteiger partial charge in [0.15, 0.2) is 0 Å². The molecule has 0 spiro atoms. The summed E-state index contributed by atoms with van der Waals surface area (Å²) in [5, 5.41) is 5.88. The second kappa shape index (κ2) is 6.61. The monoisotopic (exact) mass is 268 g/mol. The predicted molar refractivity (Wildman–Crippen MR) is 68.4 cm³/mol. The SMILES string of the molecule is O=C(CC1CCNCC1)NCc1cc(F)ccc1F. The number of benzene rings is 1. The highest BCUT2D eigenvalue weighted by atomic mass is 19.1. The Hall–Kier alpha value is -1.49. The van der Waals surface area contributed by atoms with E-state index in [1.54, 1.807) is 0 Å². The van der Waals surface area contributed by atoms with Gasteiger partial charge in [-0.1, -0.05) is 0 Å². The number of nitrogens with one attached hydrogen (secondary N) is 2. The van der Waals surface area contributed by atoms with Crippen LogP contribution in [0.1, 0.15) is 24.8 Å². The minimum absolute atomic E-state index is 0.0351. The van der Waals surface area contributed by atoms with Crippen LogP contribution in [0.5, 0.6) is 0 Å². The average molecular weight is 268 g/mol. The fourth-order valence-electron chi connectivity index (χ4n) is 2.29. The molecule has 0 bridgehead atoms. The first-order chi connectivity index (χ1) is 9.15. The molecule has 1 amide bonds. The van der Waals surface area contributed by atoms with Crippen LogP contribution < -0.4 is 10.6 Å². The Morgan fingerprint density at radius 2 is 2.05 bits per heavy atom. The molecule has 5 heteroatoms. The van der Waals surface area contributed by atoms with Gasteiger partial charge in [0.1, 0.15) is 11.6 Å². The van der Waals surface area contributed by atoms with Gasteiger partial charge in [-0.15, -0.1) is 0 Å². The molecular weight excluding hydrogens is 250 g/mol. The van der Waals surface area contributed by atoms with E-state index < -0.39 is 11.6 Å². The lowest BCUT2D eigenvalue weighted by atomic mass is 9.94. The first kappa shape index (κ1) is 13.9. The van der Waals surface area contributed by atoms with Gasteiger partial charge in [0.2, 0.25) is 5.91 Å². The van der Waals surface area contributed by atoms with Gasteiger partial charge in [-0.3, -0.25) is 4.79 Å². The zero-order valence-electron chi connectivity index (χ0n) is 10.7. The standard InChI is InChI=1S/C14H18F2N2O/c15-12-1-2-13(16)11(8-12)9-18-14(19)7-10-3-5-17-6-4-10/h1-2,8,10,17H,3-7,9H2,(H,18,19). The summed E-state index contributed by atoms with van der Waals surface area (Å²) < 4.78 is 26.3. The van der Waals surface area contributed by atoms with Crippen molar-refractivity contribution in [3.05, 3.63) is 35.4 Å². The molecule has 1 aliphatic rings. The van der Waals surface area contributed by atoms with Crippen LogP contribution in [0.2, 0.25) is 0 Å². The quantitative estimate of drug-likeness (QED) is 0.876. The van der Waals surface area contributed by atoms with Crippen molar-refractivity contribution in [3.8, 4) is 0 Å². The summed E-state index contributed by atoms with van der Waals surface area (Å²) in [6, 6.07) is 3.25. The van der Waals surface area contributed by atoms with Gasteiger partial charge in [-0.05, 0) is 50.0 Å². The molecule has 1 fully saturated rings. The van der Waals surface area contributed by atoms with Crippen molar-refractivity contribution >= 4 is 5.91 Å². The Balaban J connectivity index is 1.81. The van der Waals surface area contributed by atoms with Gasteiger partial charge in [-0.2, -0.15) is 0 Å². The molecule has 19 heavy (non-hydrogen) atoms. The lowest BCUT2D eigenvalue weighted by molar-refractivity contribution is -0.122. The highest BCUT2D eigenvalue weighted by molar-refractivity contribution is 5.76. The van der Waals surface area contributed by atoms with Crippen LogP contribution >= 0.6 is 0 Å². The summed E-state index contributed by atoms with van der Waals surface area (Å²) in [6.45, 7) is 1.92. The largest absolute Gasteiger partial charge is 0.352 e. The van der Waals surface area contributed by atoms with E-state index >= 15 is 0 Å². The maximum Gasteiger partial charge on any atom is 0.220 e. The Morgan fingerprint density at radius 3 is 2.79 bits per heavy atom. The maximum atomic E-state index is 13.4. The van der Waals surface area contributed by atoms with Gasteiger partial charge >= 0.3 is 0 Å². The van der Waals surface area contributed by atoms with Crippen LogP contribution in [0.4, 0.5) is 8.78 Å². The molecule has 1 aromatic rings. The minimum atomic E-state index is -0.497. The van der Waals surface area contributed by atoms with E-state index in [1.165, 1.54) is 0 Å². The van der Waals surface area contributed by atoms with Crippen molar-refractivity contribution in [2.45, 2.75) is 25.8 Å². The molecule has 1 aliphatic heterocycles. The zero-order valence-corrected chi connectivity index (χ0v) is 10.7. The summed E-state index contributed by atoms with van der Waals surface area (Å²) in [6.07, 6.45) is 2.43. The number of piperidine rings is 1. The highest BCUT2D eigenvalue weighted by Crippen LogP contribution is 2.16. The van der Waals surface area contributed by atoms with Crippen molar-refractivity contribution < 1.29 is 13.6 Å². The number of carbonyl (C=O) groups is 1. The summed E-state index contributed by atoms with van der Waals surface area (Å²) >= 11 is 0. The van der Waals surface area contributed by atoms with Gasteiger partial charge in [0, 0.05) is 18.5 Å². The number of amides is 1. The van der Waals surface area contributed by atoms with E-state index in [9.17, 15) is 13.6 Å². The molecule has 0 aromatic heterocycles. The van der Waals surface area contributed by atoms with Gasteiger partial charge in [0.05, 0.1) is 0 Å². The number of rotatable bonds is 4. The van der Waals surface area contributed by atoms with Crippen molar-refractivity contribution in [2.24, 2.45) is 5.92 Å². The molecule has 0 aliphatic carbocycles. The van der Waals surface area contributed by atoms with E-state index in [-0.39, 0.29) is 18.0 Å². The van der Waals surface area contributed by atoms with Gasteiger partial charge < -0.3 is 10.6 Å². The summed E-state index contributed by atoms with van der Waals surface area (Å²) in [4.78, 5) is 11.7. The second-order valence-corrected chi connectivity index (χ2v) is 4.91. The van der Waals surface area contributed by atoms with E-state index in [4.69, 9.17) is 0 Å². The Labute approximate surface area is 111 Å². The molecule has 2 N–H and O–H groups in total. The second-order valence-electron chi connectivity index (χ2n) is 4.91. The number of halogens is 2. The number of hydrogen-bond acceptors (Lipinski definition) is 2. The summed E-state index contributed by atoms with van der Waals surface area (Å²) in [5.74, 6) is -0.707. The third-order valence-electron chi connectivity index (χ3n) is 3.42. The van der Waals surface area contributed by atoms with Gasteiger partial charge in [-0.25, -0.2) is 8.78 Å². The topological polar surface area (TPSA) is 41.1 Å². The fraction of sp³-hybridized carbons (Fsp3) is 0.500. The smallest absolute Gasteiger partial charge is 0.220 e. The Bertz CT molecular complexity index is 445. The Morgan fingerprint density at radius 1 is 1.32 bits per heavy atom. The zero-order chi connectivity index (χ0) is 13.7. The molecule has 0 saturated carbocycles. The third kappa shape index (κ3) is 4.28.